The number of aromatic nitrogens is 1. The molecule has 0 fully saturated rings. The van der Waals surface area contributed by atoms with Crippen molar-refractivity contribution in [3.8, 4) is 16.8 Å². The Morgan fingerprint density at radius 1 is 0.645 bits per heavy atom. The van der Waals surface area contributed by atoms with Crippen LogP contribution in [0.1, 0.15) is 83.6 Å². The molecule has 0 bridgehead atoms. The van der Waals surface area contributed by atoms with E-state index in [2.05, 4.69) is 216 Å². The highest BCUT2D eigenvalue weighted by atomic mass is 16.3. The van der Waals surface area contributed by atoms with Gasteiger partial charge in [0.25, 0.3) is 0 Å². The van der Waals surface area contributed by atoms with Crippen LogP contribution in [0.4, 0.5) is 28.4 Å². The summed E-state index contributed by atoms with van der Waals surface area (Å²) >= 11 is 0. The molecule has 0 radical (unpaired) electrons. The number of hydrogen-bond acceptors (Lipinski definition) is 3. The van der Waals surface area contributed by atoms with Gasteiger partial charge in [0.15, 0.2) is 0 Å². The van der Waals surface area contributed by atoms with Crippen molar-refractivity contribution in [1.82, 2.24) is 4.57 Å². The molecule has 0 atom stereocenters. The van der Waals surface area contributed by atoms with E-state index in [1.165, 1.54) is 72.6 Å². The molecule has 2 aliphatic rings. The van der Waals surface area contributed by atoms with Gasteiger partial charge in [-0.1, -0.05) is 121 Å². The molecule has 7 aromatic carbocycles. The van der Waals surface area contributed by atoms with E-state index < -0.39 is 0 Å². The van der Waals surface area contributed by atoms with E-state index >= 15 is 0 Å². The molecule has 306 valence electrons. The third-order valence-electron chi connectivity index (χ3n) is 14.1. The fourth-order valence-corrected chi connectivity index (χ4v) is 10.6. The first kappa shape index (κ1) is 38.5. The predicted molar refractivity (Wildman–Crippen MR) is 266 cm³/mol. The van der Waals surface area contributed by atoms with Crippen LogP contribution in [0.5, 0.6) is 0 Å². The molecule has 0 unspecified atom stereocenters. The fourth-order valence-electron chi connectivity index (χ4n) is 10.6. The lowest BCUT2D eigenvalue weighted by Gasteiger charge is -2.41. The first-order valence-electron chi connectivity index (χ1n) is 22.4. The third-order valence-corrected chi connectivity index (χ3v) is 14.1. The first-order chi connectivity index (χ1) is 29.8. The number of rotatable bonds is 6. The zero-order chi connectivity index (χ0) is 42.7. The molecule has 1 aliphatic carbocycles. The van der Waals surface area contributed by atoms with Crippen LogP contribution in [0.3, 0.4) is 0 Å². The van der Waals surface area contributed by atoms with Crippen molar-refractivity contribution in [2.75, 3.05) is 10.2 Å². The van der Waals surface area contributed by atoms with Crippen molar-refractivity contribution in [1.29, 1.82) is 0 Å². The smallest absolute Gasteiger partial charge is 0.244 e. The third kappa shape index (κ3) is 6.03. The van der Waals surface area contributed by atoms with Gasteiger partial charge in [0.2, 0.25) is 7.28 Å². The van der Waals surface area contributed by atoms with Crippen LogP contribution in [-0.4, -0.2) is 11.8 Å². The van der Waals surface area contributed by atoms with Gasteiger partial charge in [0.05, 0.1) is 16.9 Å². The zero-order valence-electron chi connectivity index (χ0n) is 37.3. The van der Waals surface area contributed by atoms with E-state index in [4.69, 9.17) is 4.42 Å². The normalized spacial score (nSPS) is 15.0. The summed E-state index contributed by atoms with van der Waals surface area (Å²) in [4.78, 5) is 2.36. The summed E-state index contributed by atoms with van der Waals surface area (Å²) in [7, 11) is 0.689. The average Bonchev–Trinajstić information content (AvgIpc) is 3.80. The minimum atomic E-state index is 0.0684. The number of anilines is 5. The Hall–Kier alpha value is -6.46. The van der Waals surface area contributed by atoms with Crippen molar-refractivity contribution in [2.24, 2.45) is 0 Å². The standard InChI is InChI=1S/C57H54BN3O/c1-35-31-43(42-32-40(60(38-17-11-9-12-18-38)39-19-13-10-14-20-39)27-28-47(42)59-37-25-23-36(24-26-37)55(2,3)4)51-53-50(35)41-21-15-16-22-48(41)61(53)52-44-33-45-46(34-49(44)62-54(52)58-51)57(7,8)30-29-56(45,5)6/h9-28,31-34,58-59H,29-30H2,1-8H3. The molecular formula is C57H54BN3O. The molecule has 1 N–H and O–H groups in total. The molecule has 2 aromatic heterocycles. The zero-order valence-corrected chi connectivity index (χ0v) is 37.3. The van der Waals surface area contributed by atoms with Crippen LogP contribution in [0.15, 0.2) is 150 Å². The Bertz CT molecular complexity index is 3180. The summed E-state index contributed by atoms with van der Waals surface area (Å²) in [5.74, 6) is 0. The second-order valence-electron chi connectivity index (χ2n) is 20.2. The Morgan fingerprint density at radius 2 is 1.27 bits per heavy atom. The molecule has 0 spiro atoms. The molecular weight excluding hydrogens is 753 g/mol. The van der Waals surface area contributed by atoms with Gasteiger partial charge in [-0.2, -0.15) is 0 Å². The summed E-state index contributed by atoms with van der Waals surface area (Å²) in [6.07, 6.45) is 2.33. The summed E-state index contributed by atoms with van der Waals surface area (Å²) < 4.78 is 9.70. The van der Waals surface area contributed by atoms with E-state index in [9.17, 15) is 0 Å². The van der Waals surface area contributed by atoms with Crippen LogP contribution in [-0.2, 0) is 16.2 Å². The van der Waals surface area contributed by atoms with E-state index in [1.54, 1.807) is 0 Å². The summed E-state index contributed by atoms with van der Waals surface area (Å²) in [5, 5.41) is 7.72. The topological polar surface area (TPSA) is 33.3 Å². The van der Waals surface area contributed by atoms with E-state index in [-0.39, 0.29) is 16.2 Å². The van der Waals surface area contributed by atoms with Gasteiger partial charge in [-0.05, 0) is 142 Å². The van der Waals surface area contributed by atoms with Crippen molar-refractivity contribution >= 4 is 79.6 Å². The molecule has 62 heavy (non-hydrogen) atoms. The largest absolute Gasteiger partial charge is 0.469 e. The first-order valence-corrected chi connectivity index (χ1v) is 22.4. The van der Waals surface area contributed by atoms with Gasteiger partial charge < -0.3 is 19.2 Å². The number of nitrogens with zero attached hydrogens (tertiary/aromatic N) is 2. The van der Waals surface area contributed by atoms with E-state index in [0.717, 1.165) is 51.7 Å². The van der Waals surface area contributed by atoms with Crippen molar-refractivity contribution in [3.05, 3.63) is 168 Å². The lowest BCUT2D eigenvalue weighted by atomic mass is 9.61. The molecule has 0 saturated heterocycles. The number of aryl methyl sites for hydroxylation is 1. The minimum Gasteiger partial charge on any atom is -0.469 e. The highest BCUT2D eigenvalue weighted by Gasteiger charge is 2.39. The van der Waals surface area contributed by atoms with Gasteiger partial charge in [-0.3, -0.25) is 0 Å². The van der Waals surface area contributed by atoms with Crippen LogP contribution < -0.4 is 21.3 Å². The Morgan fingerprint density at radius 3 is 1.94 bits per heavy atom. The monoisotopic (exact) mass is 807 g/mol. The number of benzene rings is 7. The molecule has 11 rings (SSSR count). The maximum Gasteiger partial charge on any atom is 0.244 e. The molecule has 0 amide bonds. The molecule has 4 nitrogen and oxygen atoms in total. The lowest BCUT2D eigenvalue weighted by molar-refractivity contribution is 0.332. The van der Waals surface area contributed by atoms with E-state index in [1.807, 2.05) is 0 Å². The van der Waals surface area contributed by atoms with Crippen LogP contribution >= 0.6 is 0 Å². The van der Waals surface area contributed by atoms with Gasteiger partial charge in [-0.25, -0.2) is 0 Å². The number of para-hydroxylation sites is 3. The van der Waals surface area contributed by atoms with Gasteiger partial charge in [0.1, 0.15) is 5.58 Å². The molecule has 5 heteroatoms. The van der Waals surface area contributed by atoms with E-state index in [0.29, 0.717) is 7.28 Å². The van der Waals surface area contributed by atoms with Crippen molar-refractivity contribution < 1.29 is 4.42 Å². The SMILES string of the molecule is Cc1cc(-c2cc(N(c3ccccc3)c3ccccc3)ccc2Nc2ccc(C(C)(C)C)cc2)c2c3c1c1ccccc1n3-c1c(oc3cc4c(cc13)C(C)(C)CCC4(C)C)B2. The lowest BCUT2D eigenvalue weighted by Crippen LogP contribution is -2.36. The Kier molecular flexibility index (Phi) is 8.55. The van der Waals surface area contributed by atoms with Crippen molar-refractivity contribution in [2.45, 2.75) is 84.5 Å². The summed E-state index contributed by atoms with van der Waals surface area (Å²) in [6.45, 7) is 18.7. The molecule has 3 heterocycles. The highest BCUT2D eigenvalue weighted by molar-refractivity contribution is 6.73. The second-order valence-corrected chi connectivity index (χ2v) is 20.2. The summed E-state index contributed by atoms with van der Waals surface area (Å²) in [5.41, 5.74) is 20.5. The Balaban J connectivity index is 1.18. The van der Waals surface area contributed by atoms with Crippen LogP contribution in [0, 0.1) is 6.92 Å². The number of fused-ring (bicyclic) bond motifs is 8. The Labute approximate surface area is 366 Å². The predicted octanol–water partition coefficient (Wildman–Crippen LogP) is 14.1. The number of furan rings is 1. The second kappa shape index (κ2) is 13.8. The van der Waals surface area contributed by atoms with Crippen LogP contribution in [0.2, 0.25) is 0 Å². The molecule has 1 aliphatic heterocycles. The van der Waals surface area contributed by atoms with Crippen molar-refractivity contribution in [3.63, 3.8) is 0 Å². The van der Waals surface area contributed by atoms with Crippen LogP contribution in [0.25, 0.3) is 49.6 Å². The minimum absolute atomic E-state index is 0.0684. The van der Waals surface area contributed by atoms with Gasteiger partial charge >= 0.3 is 0 Å². The molecule has 0 saturated carbocycles. The quantitative estimate of drug-likeness (QED) is 0.170. The number of hydrogen-bond donors (Lipinski definition) is 1. The highest BCUT2D eigenvalue weighted by Crippen LogP contribution is 2.49. The maximum atomic E-state index is 7.14. The van der Waals surface area contributed by atoms with Gasteiger partial charge in [0, 0.05) is 55.7 Å². The maximum absolute atomic E-state index is 7.14. The summed E-state index contributed by atoms with van der Waals surface area (Å²) in [6, 6.07) is 53.6. The number of nitrogens with one attached hydrogen (secondary N) is 1. The fraction of sp³-hybridized carbons (Fsp3) is 0.228. The average molecular weight is 808 g/mol. The molecule has 9 aromatic rings. The van der Waals surface area contributed by atoms with Gasteiger partial charge in [-0.15, -0.1) is 0 Å².